The molecule has 2 rings (SSSR count). The van der Waals surface area contributed by atoms with E-state index in [4.69, 9.17) is 0 Å². The van der Waals surface area contributed by atoms with Crippen LogP contribution in [0.3, 0.4) is 0 Å². The van der Waals surface area contributed by atoms with Crippen LogP contribution in [-0.2, 0) is 10.5 Å². The standard InChI is InChI=1S/C12H13N3OS2/c1-8-4-3-5-10(6-8)7-17-12-15-14-11(18-12)13-9(2)16/h3-6H,7H2,1-2H3,(H,13,14,16). The highest BCUT2D eigenvalue weighted by atomic mass is 32.2. The van der Waals surface area contributed by atoms with Gasteiger partial charge in [-0.1, -0.05) is 52.9 Å². The zero-order valence-corrected chi connectivity index (χ0v) is 11.8. The van der Waals surface area contributed by atoms with Crippen LogP contribution >= 0.6 is 23.1 Å². The number of amides is 1. The van der Waals surface area contributed by atoms with Gasteiger partial charge in [-0.3, -0.25) is 4.79 Å². The molecule has 4 nitrogen and oxygen atoms in total. The van der Waals surface area contributed by atoms with Gasteiger partial charge in [0.25, 0.3) is 0 Å². The van der Waals surface area contributed by atoms with Crippen LogP contribution in [0, 0.1) is 6.92 Å². The monoisotopic (exact) mass is 279 g/mol. The van der Waals surface area contributed by atoms with Crippen LogP contribution in [0.2, 0.25) is 0 Å². The molecule has 0 fully saturated rings. The molecule has 1 N–H and O–H groups in total. The number of aromatic nitrogens is 2. The van der Waals surface area contributed by atoms with Crippen LogP contribution < -0.4 is 5.32 Å². The number of anilines is 1. The van der Waals surface area contributed by atoms with Crippen molar-refractivity contribution in [3.63, 3.8) is 0 Å². The summed E-state index contributed by atoms with van der Waals surface area (Å²) in [5.41, 5.74) is 2.51. The van der Waals surface area contributed by atoms with Gasteiger partial charge in [0.05, 0.1) is 0 Å². The molecule has 0 saturated carbocycles. The molecule has 0 aliphatic carbocycles. The number of carbonyl (C=O) groups excluding carboxylic acids is 1. The van der Waals surface area contributed by atoms with Crippen LogP contribution in [-0.4, -0.2) is 16.1 Å². The topological polar surface area (TPSA) is 54.9 Å². The van der Waals surface area contributed by atoms with E-state index in [1.165, 1.54) is 29.4 Å². The highest BCUT2D eigenvalue weighted by molar-refractivity contribution is 8.00. The molecular formula is C12H13N3OS2. The van der Waals surface area contributed by atoms with Gasteiger partial charge in [-0.05, 0) is 12.5 Å². The van der Waals surface area contributed by atoms with Crippen molar-refractivity contribution in [3.8, 4) is 0 Å². The summed E-state index contributed by atoms with van der Waals surface area (Å²) in [5, 5.41) is 11.1. The Bertz CT molecular complexity index is 554. The van der Waals surface area contributed by atoms with Crippen molar-refractivity contribution in [2.24, 2.45) is 0 Å². The number of benzene rings is 1. The molecule has 0 unspecified atom stereocenters. The number of aryl methyl sites for hydroxylation is 1. The first kappa shape index (κ1) is 13.0. The molecule has 0 bridgehead atoms. The Balaban J connectivity index is 1.94. The van der Waals surface area contributed by atoms with Crippen molar-refractivity contribution in [2.45, 2.75) is 23.9 Å². The lowest BCUT2D eigenvalue weighted by atomic mass is 10.2. The Morgan fingerprint density at radius 3 is 3.00 bits per heavy atom. The third kappa shape index (κ3) is 3.82. The summed E-state index contributed by atoms with van der Waals surface area (Å²) >= 11 is 3.02. The number of nitrogens with zero attached hydrogens (tertiary/aromatic N) is 2. The summed E-state index contributed by atoms with van der Waals surface area (Å²) in [6.07, 6.45) is 0. The first-order chi connectivity index (χ1) is 8.63. The highest BCUT2D eigenvalue weighted by Crippen LogP contribution is 2.28. The second-order valence-corrected chi connectivity index (χ2v) is 6.03. The van der Waals surface area contributed by atoms with E-state index < -0.39 is 0 Å². The average Bonchev–Trinajstić information content (AvgIpc) is 2.73. The van der Waals surface area contributed by atoms with Crippen molar-refractivity contribution >= 4 is 34.1 Å². The number of rotatable bonds is 4. The minimum atomic E-state index is -0.124. The van der Waals surface area contributed by atoms with Crippen LogP contribution in [0.5, 0.6) is 0 Å². The molecule has 0 atom stereocenters. The van der Waals surface area contributed by atoms with Crippen LogP contribution in [0.15, 0.2) is 28.6 Å². The molecule has 0 spiro atoms. The first-order valence-electron chi connectivity index (χ1n) is 5.43. The van der Waals surface area contributed by atoms with Gasteiger partial charge in [-0.2, -0.15) is 0 Å². The second-order valence-electron chi connectivity index (χ2n) is 3.83. The molecule has 6 heteroatoms. The SMILES string of the molecule is CC(=O)Nc1nnc(SCc2cccc(C)c2)s1. The molecule has 1 heterocycles. The Morgan fingerprint density at radius 2 is 2.28 bits per heavy atom. The van der Waals surface area contributed by atoms with Crippen molar-refractivity contribution in [1.29, 1.82) is 0 Å². The maximum absolute atomic E-state index is 10.9. The number of hydrogen-bond acceptors (Lipinski definition) is 5. The van der Waals surface area contributed by atoms with Gasteiger partial charge in [0.2, 0.25) is 11.0 Å². The minimum absolute atomic E-state index is 0.124. The molecular weight excluding hydrogens is 266 g/mol. The van der Waals surface area contributed by atoms with Gasteiger partial charge in [0.1, 0.15) is 0 Å². The fourth-order valence-corrected chi connectivity index (χ4v) is 3.16. The maximum Gasteiger partial charge on any atom is 0.223 e. The van der Waals surface area contributed by atoms with E-state index in [2.05, 4.69) is 40.6 Å². The van der Waals surface area contributed by atoms with E-state index in [9.17, 15) is 4.79 Å². The second kappa shape index (κ2) is 5.97. The summed E-state index contributed by atoms with van der Waals surface area (Å²) in [4.78, 5) is 10.9. The molecule has 1 aromatic heterocycles. The van der Waals surface area contributed by atoms with Crippen molar-refractivity contribution < 1.29 is 4.79 Å². The normalized spacial score (nSPS) is 10.3. The highest BCUT2D eigenvalue weighted by Gasteiger charge is 2.06. The van der Waals surface area contributed by atoms with E-state index in [1.54, 1.807) is 11.8 Å². The maximum atomic E-state index is 10.9. The van der Waals surface area contributed by atoms with Crippen LogP contribution in [0.25, 0.3) is 0 Å². The van der Waals surface area contributed by atoms with Gasteiger partial charge in [-0.25, -0.2) is 0 Å². The number of nitrogens with one attached hydrogen (secondary N) is 1. The number of thioether (sulfide) groups is 1. The molecule has 1 aromatic carbocycles. The van der Waals surface area contributed by atoms with Gasteiger partial charge < -0.3 is 5.32 Å². The van der Waals surface area contributed by atoms with E-state index in [0.717, 1.165) is 10.1 Å². The van der Waals surface area contributed by atoms with E-state index in [-0.39, 0.29) is 5.91 Å². The molecule has 0 radical (unpaired) electrons. The van der Waals surface area contributed by atoms with Gasteiger partial charge >= 0.3 is 0 Å². The van der Waals surface area contributed by atoms with E-state index in [0.29, 0.717) is 5.13 Å². The Labute approximate surface area is 114 Å². The van der Waals surface area contributed by atoms with Crippen LogP contribution in [0.1, 0.15) is 18.1 Å². The van der Waals surface area contributed by atoms with E-state index >= 15 is 0 Å². The Hall–Kier alpha value is -1.40. The third-order valence-corrected chi connectivity index (χ3v) is 4.18. The predicted octanol–water partition coefficient (Wildman–Crippen LogP) is 3.10. The Kier molecular flexibility index (Phi) is 4.33. The summed E-state index contributed by atoms with van der Waals surface area (Å²) in [5.74, 6) is 0.734. The first-order valence-corrected chi connectivity index (χ1v) is 7.23. The minimum Gasteiger partial charge on any atom is -0.301 e. The van der Waals surface area contributed by atoms with Crippen LogP contribution in [0.4, 0.5) is 5.13 Å². The summed E-state index contributed by atoms with van der Waals surface area (Å²) in [6, 6.07) is 8.38. The molecule has 0 aliphatic rings. The van der Waals surface area contributed by atoms with E-state index in [1.807, 2.05) is 6.07 Å². The third-order valence-electron chi connectivity index (χ3n) is 2.13. The number of carbonyl (C=O) groups is 1. The molecule has 18 heavy (non-hydrogen) atoms. The zero-order chi connectivity index (χ0) is 13.0. The summed E-state index contributed by atoms with van der Waals surface area (Å²) in [7, 11) is 0. The van der Waals surface area contributed by atoms with Crippen molar-refractivity contribution in [1.82, 2.24) is 10.2 Å². The van der Waals surface area contributed by atoms with Gasteiger partial charge in [-0.15, -0.1) is 10.2 Å². The summed E-state index contributed by atoms with van der Waals surface area (Å²) in [6.45, 7) is 3.54. The van der Waals surface area contributed by atoms with Gasteiger partial charge in [0, 0.05) is 12.7 Å². The van der Waals surface area contributed by atoms with Crippen molar-refractivity contribution in [2.75, 3.05) is 5.32 Å². The fourth-order valence-electron chi connectivity index (χ4n) is 1.42. The smallest absolute Gasteiger partial charge is 0.223 e. The molecule has 2 aromatic rings. The molecule has 94 valence electrons. The molecule has 0 aliphatic heterocycles. The van der Waals surface area contributed by atoms with Crippen molar-refractivity contribution in [3.05, 3.63) is 35.4 Å². The fraction of sp³-hybridized carbons (Fsp3) is 0.250. The molecule has 0 saturated heterocycles. The summed E-state index contributed by atoms with van der Waals surface area (Å²) < 4.78 is 0.861. The largest absolute Gasteiger partial charge is 0.301 e. The predicted molar refractivity (Wildman–Crippen MR) is 75.0 cm³/mol. The lowest BCUT2D eigenvalue weighted by molar-refractivity contribution is -0.114. The Morgan fingerprint density at radius 1 is 1.44 bits per heavy atom. The average molecular weight is 279 g/mol. The number of hydrogen-bond donors (Lipinski definition) is 1. The lowest BCUT2D eigenvalue weighted by Gasteiger charge is -1.99. The quantitative estimate of drug-likeness (QED) is 0.690. The van der Waals surface area contributed by atoms with Gasteiger partial charge in [0.15, 0.2) is 4.34 Å². The lowest BCUT2D eigenvalue weighted by Crippen LogP contribution is -2.04. The molecule has 1 amide bonds. The zero-order valence-electron chi connectivity index (χ0n) is 10.1.